The number of aromatic carboxylic acids is 1. The Morgan fingerprint density at radius 3 is 1.92 bits per heavy atom. The summed E-state index contributed by atoms with van der Waals surface area (Å²) in [7, 11) is 0. The van der Waals surface area contributed by atoms with Crippen LogP contribution >= 0.6 is 0 Å². The van der Waals surface area contributed by atoms with Gasteiger partial charge in [-0.1, -0.05) is 59.7 Å². The highest BCUT2D eigenvalue weighted by Gasteiger charge is 2.19. The number of hydrogen-bond donors (Lipinski definition) is 2. The normalized spacial score (nSPS) is 10.8. The van der Waals surface area contributed by atoms with E-state index in [-0.39, 0.29) is 11.5 Å². The van der Waals surface area contributed by atoms with Gasteiger partial charge in [0.05, 0.1) is 0 Å². The average molecular weight is 333 g/mol. The summed E-state index contributed by atoms with van der Waals surface area (Å²) in [5.74, 6) is -1.40. The van der Waals surface area contributed by atoms with E-state index in [1.807, 2.05) is 50.2 Å². The van der Waals surface area contributed by atoms with Crippen LogP contribution in [-0.4, -0.2) is 16.1 Å². The first-order chi connectivity index (χ1) is 12.0. The van der Waals surface area contributed by atoms with Crippen molar-refractivity contribution < 1.29 is 9.90 Å². The maximum absolute atomic E-state index is 12.1. The number of nitrogens with one attached hydrogen (secondary N) is 1. The lowest BCUT2D eigenvalue weighted by Gasteiger charge is -2.19. The first-order valence-corrected chi connectivity index (χ1v) is 8.05. The molecule has 1 heterocycles. The van der Waals surface area contributed by atoms with Crippen molar-refractivity contribution in [3.63, 3.8) is 0 Å². The highest BCUT2D eigenvalue weighted by molar-refractivity contribution is 5.87. The van der Waals surface area contributed by atoms with E-state index in [0.717, 1.165) is 22.3 Å². The average Bonchev–Trinajstić information content (AvgIpc) is 2.55. The molecule has 126 valence electrons. The molecule has 4 heteroatoms. The van der Waals surface area contributed by atoms with Gasteiger partial charge in [0.25, 0.3) is 5.56 Å². The summed E-state index contributed by atoms with van der Waals surface area (Å²) in [4.78, 5) is 26.0. The first kappa shape index (κ1) is 16.7. The van der Waals surface area contributed by atoms with Crippen molar-refractivity contribution in [3.05, 3.63) is 105 Å². The van der Waals surface area contributed by atoms with Gasteiger partial charge >= 0.3 is 5.97 Å². The van der Waals surface area contributed by atoms with E-state index in [1.165, 1.54) is 6.07 Å². The lowest BCUT2D eigenvalue weighted by molar-refractivity contribution is 0.0695. The van der Waals surface area contributed by atoms with Crippen LogP contribution in [0.2, 0.25) is 0 Å². The van der Waals surface area contributed by atoms with Gasteiger partial charge in [-0.3, -0.25) is 4.79 Å². The van der Waals surface area contributed by atoms with Crippen LogP contribution in [0.5, 0.6) is 0 Å². The number of carboxylic acids is 1. The summed E-state index contributed by atoms with van der Waals surface area (Å²) in [6, 6.07) is 19.3. The van der Waals surface area contributed by atoms with Crippen molar-refractivity contribution in [2.24, 2.45) is 0 Å². The fourth-order valence-electron chi connectivity index (χ4n) is 3.08. The second kappa shape index (κ2) is 6.77. The molecule has 0 aliphatic rings. The standard InChI is InChI=1S/C21H19NO3/c1-13-5-3-7-15(11-13)19(16-8-4-6-14(2)12-16)18-10-9-17(21(24)25)20(23)22-18/h3-12,19H,1-2H3,(H,22,23)(H,24,25). The Morgan fingerprint density at radius 1 is 0.920 bits per heavy atom. The van der Waals surface area contributed by atoms with Crippen molar-refractivity contribution in [1.29, 1.82) is 0 Å². The number of aryl methyl sites for hydroxylation is 2. The molecule has 0 bridgehead atoms. The second-order valence-corrected chi connectivity index (χ2v) is 6.22. The molecule has 3 rings (SSSR count). The van der Waals surface area contributed by atoms with Crippen LogP contribution in [0.3, 0.4) is 0 Å². The highest BCUT2D eigenvalue weighted by atomic mass is 16.4. The number of carboxylic acid groups (broad SMARTS) is 1. The van der Waals surface area contributed by atoms with Crippen molar-refractivity contribution >= 4 is 5.97 Å². The second-order valence-electron chi connectivity index (χ2n) is 6.22. The molecule has 0 saturated carbocycles. The monoisotopic (exact) mass is 333 g/mol. The summed E-state index contributed by atoms with van der Waals surface area (Å²) in [6.45, 7) is 4.04. The molecule has 0 atom stereocenters. The highest BCUT2D eigenvalue weighted by Crippen LogP contribution is 2.31. The number of rotatable bonds is 4. The third-order valence-electron chi connectivity index (χ3n) is 4.22. The molecular formula is C21H19NO3. The van der Waals surface area contributed by atoms with Crippen LogP contribution in [0.1, 0.15) is 44.2 Å². The quantitative estimate of drug-likeness (QED) is 0.761. The predicted octanol–water partition coefficient (Wildman–Crippen LogP) is 3.87. The van der Waals surface area contributed by atoms with Crippen LogP contribution in [0.25, 0.3) is 0 Å². The summed E-state index contributed by atoms with van der Waals surface area (Å²) in [6.07, 6.45) is 0. The number of benzene rings is 2. The third kappa shape index (κ3) is 3.53. The third-order valence-corrected chi connectivity index (χ3v) is 4.22. The Bertz CT molecular complexity index is 943. The summed E-state index contributed by atoms with van der Waals surface area (Å²) in [5.41, 5.74) is 4.17. The minimum atomic E-state index is -1.23. The van der Waals surface area contributed by atoms with Gasteiger partial charge in [-0.05, 0) is 37.1 Å². The molecular weight excluding hydrogens is 314 g/mol. The molecule has 2 aromatic carbocycles. The number of H-pyrrole nitrogens is 1. The zero-order valence-electron chi connectivity index (χ0n) is 14.1. The molecule has 25 heavy (non-hydrogen) atoms. The number of aromatic nitrogens is 1. The number of pyridine rings is 1. The summed E-state index contributed by atoms with van der Waals surface area (Å²) in [5, 5.41) is 9.08. The van der Waals surface area contributed by atoms with Crippen LogP contribution in [-0.2, 0) is 0 Å². The zero-order chi connectivity index (χ0) is 18.0. The van der Waals surface area contributed by atoms with E-state index in [1.54, 1.807) is 6.07 Å². The topological polar surface area (TPSA) is 70.2 Å². The van der Waals surface area contributed by atoms with Crippen LogP contribution in [0.4, 0.5) is 0 Å². The molecule has 0 unspecified atom stereocenters. The van der Waals surface area contributed by atoms with Crippen LogP contribution in [0, 0.1) is 13.8 Å². The Balaban J connectivity index is 2.20. The van der Waals surface area contributed by atoms with E-state index in [4.69, 9.17) is 5.11 Å². The lowest BCUT2D eigenvalue weighted by Crippen LogP contribution is -2.20. The van der Waals surface area contributed by atoms with E-state index in [0.29, 0.717) is 5.69 Å². The van der Waals surface area contributed by atoms with E-state index in [2.05, 4.69) is 17.1 Å². The molecule has 0 aliphatic heterocycles. The number of hydrogen-bond acceptors (Lipinski definition) is 2. The predicted molar refractivity (Wildman–Crippen MR) is 97.3 cm³/mol. The van der Waals surface area contributed by atoms with Gasteiger partial charge in [-0.2, -0.15) is 0 Å². The minimum absolute atomic E-state index is 0.171. The van der Waals surface area contributed by atoms with Gasteiger partial charge in [-0.25, -0.2) is 4.79 Å². The summed E-state index contributed by atoms with van der Waals surface area (Å²) >= 11 is 0. The van der Waals surface area contributed by atoms with Crippen molar-refractivity contribution in [3.8, 4) is 0 Å². The van der Waals surface area contributed by atoms with E-state index >= 15 is 0 Å². The lowest BCUT2D eigenvalue weighted by atomic mass is 9.86. The van der Waals surface area contributed by atoms with Crippen LogP contribution in [0.15, 0.2) is 65.5 Å². The fraction of sp³-hybridized carbons (Fsp3) is 0.143. The minimum Gasteiger partial charge on any atom is -0.477 e. The van der Waals surface area contributed by atoms with E-state index in [9.17, 15) is 9.59 Å². The first-order valence-electron chi connectivity index (χ1n) is 8.05. The Morgan fingerprint density at radius 2 is 1.48 bits per heavy atom. The summed E-state index contributed by atoms with van der Waals surface area (Å²) < 4.78 is 0. The van der Waals surface area contributed by atoms with E-state index < -0.39 is 11.5 Å². The van der Waals surface area contributed by atoms with Gasteiger partial charge in [0.1, 0.15) is 5.56 Å². The molecule has 4 nitrogen and oxygen atoms in total. The molecule has 0 amide bonds. The van der Waals surface area contributed by atoms with Crippen LogP contribution < -0.4 is 5.56 Å². The van der Waals surface area contributed by atoms with Gasteiger partial charge in [0.2, 0.25) is 0 Å². The Kier molecular flexibility index (Phi) is 4.52. The van der Waals surface area contributed by atoms with Crippen molar-refractivity contribution in [2.45, 2.75) is 19.8 Å². The number of aromatic amines is 1. The largest absolute Gasteiger partial charge is 0.477 e. The van der Waals surface area contributed by atoms with Crippen molar-refractivity contribution in [2.75, 3.05) is 0 Å². The van der Waals surface area contributed by atoms with Crippen molar-refractivity contribution in [1.82, 2.24) is 4.98 Å². The molecule has 0 spiro atoms. The molecule has 3 aromatic rings. The smallest absolute Gasteiger partial charge is 0.341 e. The zero-order valence-corrected chi connectivity index (χ0v) is 14.1. The molecule has 2 N–H and O–H groups in total. The Hall–Kier alpha value is -3.14. The Labute approximate surface area is 145 Å². The molecule has 0 saturated heterocycles. The SMILES string of the molecule is Cc1cccc(C(c2cccc(C)c2)c2ccc(C(=O)O)c(=O)[nH]2)c1. The van der Waals surface area contributed by atoms with Gasteiger partial charge in [0, 0.05) is 11.6 Å². The fourth-order valence-corrected chi connectivity index (χ4v) is 3.08. The molecule has 0 aliphatic carbocycles. The van der Waals surface area contributed by atoms with Gasteiger partial charge < -0.3 is 10.1 Å². The molecule has 0 radical (unpaired) electrons. The number of carbonyl (C=O) groups is 1. The van der Waals surface area contributed by atoms with Gasteiger partial charge in [0.15, 0.2) is 0 Å². The maximum atomic E-state index is 12.1. The maximum Gasteiger partial charge on any atom is 0.341 e. The van der Waals surface area contributed by atoms with Gasteiger partial charge in [-0.15, -0.1) is 0 Å². The molecule has 1 aromatic heterocycles. The molecule has 0 fully saturated rings.